The standard InChI is InChI=1S/C13H16F3N3O/c1-8-6-9(2-5-11(8)18-17)12(20)19(10-3-4-10)7-13(14,15)16/h2,5-6,10,18H,3-4,7,17H2,1H3. The second-order valence-electron chi connectivity index (χ2n) is 4.95. The van der Waals surface area contributed by atoms with E-state index >= 15 is 0 Å². The third-order valence-electron chi connectivity index (χ3n) is 3.23. The Balaban J connectivity index is 2.21. The molecule has 1 aromatic rings. The summed E-state index contributed by atoms with van der Waals surface area (Å²) in [7, 11) is 0. The molecular weight excluding hydrogens is 271 g/mol. The Hall–Kier alpha value is -1.76. The van der Waals surface area contributed by atoms with Crippen molar-refractivity contribution >= 4 is 11.6 Å². The number of benzene rings is 1. The van der Waals surface area contributed by atoms with Gasteiger partial charge in [-0.1, -0.05) is 0 Å². The molecular formula is C13H16F3N3O. The largest absolute Gasteiger partial charge is 0.406 e. The molecule has 0 spiro atoms. The van der Waals surface area contributed by atoms with Crippen LogP contribution in [0.4, 0.5) is 18.9 Å². The van der Waals surface area contributed by atoms with Crippen molar-refractivity contribution in [2.45, 2.75) is 32.0 Å². The highest BCUT2D eigenvalue weighted by Gasteiger charge is 2.40. The van der Waals surface area contributed by atoms with E-state index in [9.17, 15) is 18.0 Å². The van der Waals surface area contributed by atoms with Gasteiger partial charge < -0.3 is 10.3 Å². The molecule has 1 amide bonds. The second kappa shape index (κ2) is 5.32. The minimum Gasteiger partial charge on any atom is -0.327 e. The fraction of sp³-hybridized carbons (Fsp3) is 0.462. The minimum absolute atomic E-state index is 0.248. The maximum Gasteiger partial charge on any atom is 0.406 e. The van der Waals surface area contributed by atoms with Gasteiger partial charge in [0.2, 0.25) is 0 Å². The first-order valence-corrected chi connectivity index (χ1v) is 6.27. The number of nitrogens with one attached hydrogen (secondary N) is 1. The van der Waals surface area contributed by atoms with Crippen LogP contribution >= 0.6 is 0 Å². The number of aryl methyl sites for hydroxylation is 1. The van der Waals surface area contributed by atoms with Gasteiger partial charge in [0.05, 0.1) is 5.69 Å². The van der Waals surface area contributed by atoms with E-state index in [1.165, 1.54) is 6.07 Å². The van der Waals surface area contributed by atoms with Crippen LogP contribution < -0.4 is 11.3 Å². The third-order valence-corrected chi connectivity index (χ3v) is 3.23. The Kier molecular flexibility index (Phi) is 3.89. The average Bonchev–Trinajstić information content (AvgIpc) is 3.18. The average molecular weight is 287 g/mol. The topological polar surface area (TPSA) is 58.4 Å². The summed E-state index contributed by atoms with van der Waals surface area (Å²) in [5.74, 6) is 4.70. The molecule has 0 atom stereocenters. The molecule has 0 heterocycles. The van der Waals surface area contributed by atoms with E-state index < -0.39 is 18.6 Å². The van der Waals surface area contributed by atoms with Gasteiger partial charge in [-0.2, -0.15) is 13.2 Å². The SMILES string of the molecule is Cc1cc(C(=O)N(CC(F)(F)F)C2CC2)ccc1NN. The number of carbonyl (C=O) groups excluding carboxylic acids is 1. The Morgan fingerprint density at radius 3 is 2.55 bits per heavy atom. The number of hydrogen-bond acceptors (Lipinski definition) is 3. The van der Waals surface area contributed by atoms with Gasteiger partial charge >= 0.3 is 6.18 Å². The predicted octanol–water partition coefficient (Wildman–Crippen LogP) is 2.45. The Bertz CT molecular complexity index is 512. The first-order chi connectivity index (χ1) is 9.31. The zero-order valence-corrected chi connectivity index (χ0v) is 11.0. The van der Waals surface area contributed by atoms with Crippen LogP contribution in [0.25, 0.3) is 0 Å². The van der Waals surface area contributed by atoms with Crippen molar-refractivity contribution in [3.05, 3.63) is 29.3 Å². The number of nitrogens with zero attached hydrogens (tertiary/aromatic N) is 1. The van der Waals surface area contributed by atoms with Gasteiger partial charge in [0.1, 0.15) is 6.54 Å². The predicted molar refractivity (Wildman–Crippen MR) is 69.1 cm³/mol. The van der Waals surface area contributed by atoms with Crippen molar-refractivity contribution in [2.24, 2.45) is 5.84 Å². The van der Waals surface area contributed by atoms with E-state index in [0.717, 1.165) is 4.90 Å². The van der Waals surface area contributed by atoms with Gasteiger partial charge in [-0.05, 0) is 43.5 Å². The smallest absolute Gasteiger partial charge is 0.327 e. The quantitative estimate of drug-likeness (QED) is 0.660. The Morgan fingerprint density at radius 2 is 2.10 bits per heavy atom. The van der Waals surface area contributed by atoms with Crippen molar-refractivity contribution in [1.82, 2.24) is 4.90 Å². The summed E-state index contributed by atoms with van der Waals surface area (Å²) in [6.07, 6.45) is -3.13. The number of nitrogens with two attached hydrogens (primary N) is 1. The lowest BCUT2D eigenvalue weighted by molar-refractivity contribution is -0.141. The first-order valence-electron chi connectivity index (χ1n) is 6.27. The Labute approximate surface area is 114 Å². The van der Waals surface area contributed by atoms with Gasteiger partial charge in [-0.15, -0.1) is 0 Å². The summed E-state index contributed by atoms with van der Waals surface area (Å²) in [6.45, 7) is 0.531. The number of rotatable bonds is 4. The van der Waals surface area contributed by atoms with Crippen LogP contribution in [0.1, 0.15) is 28.8 Å². The van der Waals surface area contributed by atoms with Crippen LogP contribution in [0.5, 0.6) is 0 Å². The number of carbonyl (C=O) groups is 1. The van der Waals surface area contributed by atoms with E-state index in [1.54, 1.807) is 19.1 Å². The molecule has 4 nitrogen and oxygen atoms in total. The normalized spacial score (nSPS) is 15.1. The maximum absolute atomic E-state index is 12.5. The van der Waals surface area contributed by atoms with E-state index in [0.29, 0.717) is 24.1 Å². The van der Waals surface area contributed by atoms with Crippen LogP contribution in [0.3, 0.4) is 0 Å². The van der Waals surface area contributed by atoms with Gasteiger partial charge in [-0.25, -0.2) is 0 Å². The molecule has 1 aliphatic rings. The molecule has 3 N–H and O–H groups in total. The summed E-state index contributed by atoms with van der Waals surface area (Å²) in [4.78, 5) is 13.1. The molecule has 1 aliphatic carbocycles. The molecule has 0 bridgehead atoms. The van der Waals surface area contributed by atoms with Crippen molar-refractivity contribution < 1.29 is 18.0 Å². The molecule has 0 saturated heterocycles. The van der Waals surface area contributed by atoms with Crippen LogP contribution in [0.2, 0.25) is 0 Å². The summed E-state index contributed by atoms with van der Waals surface area (Å²) in [5, 5.41) is 0. The highest BCUT2D eigenvalue weighted by molar-refractivity contribution is 5.95. The number of hydrogen-bond donors (Lipinski definition) is 2. The van der Waals surface area contributed by atoms with E-state index in [-0.39, 0.29) is 11.6 Å². The highest BCUT2D eigenvalue weighted by Crippen LogP contribution is 2.31. The van der Waals surface area contributed by atoms with Crippen LogP contribution in [0.15, 0.2) is 18.2 Å². The number of nitrogen functional groups attached to an aromatic ring is 1. The molecule has 20 heavy (non-hydrogen) atoms. The van der Waals surface area contributed by atoms with Gasteiger partial charge in [0.15, 0.2) is 0 Å². The van der Waals surface area contributed by atoms with Crippen LogP contribution in [0, 0.1) is 6.92 Å². The van der Waals surface area contributed by atoms with Gasteiger partial charge in [-0.3, -0.25) is 10.6 Å². The molecule has 1 aromatic carbocycles. The fourth-order valence-corrected chi connectivity index (χ4v) is 2.07. The molecule has 0 aromatic heterocycles. The second-order valence-corrected chi connectivity index (χ2v) is 4.95. The zero-order chi connectivity index (χ0) is 14.9. The minimum atomic E-state index is -4.38. The van der Waals surface area contributed by atoms with Gasteiger partial charge in [0, 0.05) is 11.6 Å². The van der Waals surface area contributed by atoms with Crippen LogP contribution in [-0.4, -0.2) is 29.6 Å². The number of hydrazine groups is 1. The van der Waals surface area contributed by atoms with E-state index in [1.807, 2.05) is 0 Å². The van der Waals surface area contributed by atoms with E-state index in [2.05, 4.69) is 5.43 Å². The van der Waals surface area contributed by atoms with Gasteiger partial charge in [0.25, 0.3) is 5.91 Å². The number of amides is 1. The summed E-state index contributed by atoms with van der Waals surface area (Å²) < 4.78 is 37.6. The molecule has 110 valence electrons. The number of anilines is 1. The number of halogens is 3. The molecule has 0 aliphatic heterocycles. The van der Waals surface area contributed by atoms with E-state index in [4.69, 9.17) is 5.84 Å². The molecule has 0 radical (unpaired) electrons. The monoisotopic (exact) mass is 287 g/mol. The third kappa shape index (κ3) is 3.41. The molecule has 7 heteroatoms. The van der Waals surface area contributed by atoms with Crippen molar-refractivity contribution in [2.75, 3.05) is 12.0 Å². The lowest BCUT2D eigenvalue weighted by Gasteiger charge is -2.24. The summed E-state index contributed by atoms with van der Waals surface area (Å²) in [6, 6.07) is 4.32. The zero-order valence-electron chi connectivity index (χ0n) is 11.0. The first kappa shape index (κ1) is 14.6. The van der Waals surface area contributed by atoms with Crippen molar-refractivity contribution in [3.8, 4) is 0 Å². The Morgan fingerprint density at radius 1 is 1.45 bits per heavy atom. The summed E-state index contributed by atoms with van der Waals surface area (Å²) in [5.41, 5.74) is 4.05. The summed E-state index contributed by atoms with van der Waals surface area (Å²) >= 11 is 0. The molecule has 0 unspecified atom stereocenters. The lowest BCUT2D eigenvalue weighted by atomic mass is 10.1. The highest BCUT2D eigenvalue weighted by atomic mass is 19.4. The maximum atomic E-state index is 12.5. The fourth-order valence-electron chi connectivity index (χ4n) is 2.07. The van der Waals surface area contributed by atoms with Crippen molar-refractivity contribution in [3.63, 3.8) is 0 Å². The molecule has 1 saturated carbocycles. The number of alkyl halides is 3. The van der Waals surface area contributed by atoms with Crippen molar-refractivity contribution in [1.29, 1.82) is 0 Å². The molecule has 1 fully saturated rings. The lowest BCUT2D eigenvalue weighted by Crippen LogP contribution is -2.40. The molecule has 2 rings (SSSR count). The van der Waals surface area contributed by atoms with Crippen LogP contribution in [-0.2, 0) is 0 Å².